The average Bonchev–Trinajstić information content (AvgIpc) is 3.02. The van der Waals surface area contributed by atoms with Gasteiger partial charge in [0.2, 0.25) is 0 Å². The number of esters is 1. The Morgan fingerprint density at radius 1 is 1.62 bits per heavy atom. The van der Waals surface area contributed by atoms with Crippen LogP contribution in [0.4, 0.5) is 5.69 Å². The maximum Gasteiger partial charge on any atom is 0.309 e. The van der Waals surface area contributed by atoms with Crippen molar-refractivity contribution >= 4 is 23.3 Å². The van der Waals surface area contributed by atoms with E-state index in [0.717, 1.165) is 12.0 Å². The quantitative estimate of drug-likeness (QED) is 0.652. The van der Waals surface area contributed by atoms with Gasteiger partial charge in [-0.3, -0.25) is 4.79 Å². The molecular weight excluding hydrogens is 226 g/mol. The van der Waals surface area contributed by atoms with E-state index in [4.69, 9.17) is 22.1 Å². The number of benzene rings is 1. The van der Waals surface area contributed by atoms with Crippen molar-refractivity contribution in [1.29, 1.82) is 0 Å². The van der Waals surface area contributed by atoms with E-state index in [0.29, 0.717) is 17.3 Å². The summed E-state index contributed by atoms with van der Waals surface area (Å²) in [5.74, 6) is 0.000270. The molecule has 3 nitrogen and oxygen atoms in total. The van der Waals surface area contributed by atoms with Crippen LogP contribution in [0, 0.1) is 5.92 Å². The zero-order valence-corrected chi connectivity index (χ0v) is 9.83. The van der Waals surface area contributed by atoms with Crippen molar-refractivity contribution < 1.29 is 9.53 Å². The molecule has 4 heteroatoms. The molecule has 1 aliphatic carbocycles. The number of carbonyl (C=O) groups is 1. The first kappa shape index (κ1) is 11.3. The van der Waals surface area contributed by atoms with Crippen LogP contribution in [0.25, 0.3) is 0 Å². The largest absolute Gasteiger partial charge is 0.466 e. The average molecular weight is 240 g/mol. The molecule has 0 bridgehead atoms. The van der Waals surface area contributed by atoms with Gasteiger partial charge in [0, 0.05) is 10.7 Å². The van der Waals surface area contributed by atoms with Crippen LogP contribution in [0.2, 0.25) is 5.02 Å². The van der Waals surface area contributed by atoms with Crippen LogP contribution in [-0.4, -0.2) is 12.6 Å². The molecule has 16 heavy (non-hydrogen) atoms. The predicted molar refractivity (Wildman–Crippen MR) is 63.3 cm³/mol. The van der Waals surface area contributed by atoms with E-state index in [2.05, 4.69) is 0 Å². The predicted octanol–water partition coefficient (Wildman–Crippen LogP) is 2.59. The highest BCUT2D eigenvalue weighted by molar-refractivity contribution is 6.31. The summed E-state index contributed by atoms with van der Waals surface area (Å²) in [6.45, 7) is 2.23. The van der Waals surface area contributed by atoms with Crippen molar-refractivity contribution in [3.05, 3.63) is 28.8 Å². The molecule has 0 spiro atoms. The summed E-state index contributed by atoms with van der Waals surface area (Å²) in [4.78, 5) is 11.5. The fourth-order valence-electron chi connectivity index (χ4n) is 1.89. The molecule has 0 aliphatic heterocycles. The number of hydrogen-bond donors (Lipinski definition) is 1. The Kier molecular flexibility index (Phi) is 3.06. The van der Waals surface area contributed by atoms with Gasteiger partial charge in [-0.25, -0.2) is 0 Å². The molecular formula is C12H14ClNO2. The van der Waals surface area contributed by atoms with Crippen LogP contribution < -0.4 is 5.73 Å². The highest BCUT2D eigenvalue weighted by atomic mass is 35.5. The lowest BCUT2D eigenvalue weighted by Gasteiger charge is -2.05. The fraction of sp³-hybridized carbons (Fsp3) is 0.417. The summed E-state index contributed by atoms with van der Waals surface area (Å²) in [6.07, 6.45) is 0.808. The van der Waals surface area contributed by atoms with Crippen LogP contribution in [-0.2, 0) is 9.53 Å². The van der Waals surface area contributed by atoms with E-state index in [1.807, 2.05) is 13.0 Å². The number of halogens is 1. The highest BCUT2D eigenvalue weighted by Crippen LogP contribution is 2.50. The summed E-state index contributed by atoms with van der Waals surface area (Å²) in [7, 11) is 0. The second-order valence-corrected chi connectivity index (χ2v) is 4.39. The van der Waals surface area contributed by atoms with Crippen LogP contribution in [0.5, 0.6) is 0 Å². The SMILES string of the molecule is CCOC(=O)[C@@H]1C[C@@H]1c1cc(N)ccc1Cl. The minimum atomic E-state index is -0.133. The third kappa shape index (κ3) is 2.14. The minimum absolute atomic E-state index is 0.0424. The molecule has 1 aromatic carbocycles. The molecule has 1 fully saturated rings. The van der Waals surface area contributed by atoms with Crippen molar-refractivity contribution in [3.8, 4) is 0 Å². The Labute approximate surface area is 99.5 Å². The van der Waals surface area contributed by atoms with Gasteiger partial charge in [-0.15, -0.1) is 0 Å². The first-order valence-electron chi connectivity index (χ1n) is 5.35. The molecule has 2 rings (SSSR count). The number of carbonyl (C=O) groups excluding carboxylic acids is 1. The number of nitrogen functional groups attached to an aromatic ring is 1. The highest BCUT2D eigenvalue weighted by Gasteiger charge is 2.46. The van der Waals surface area contributed by atoms with Gasteiger partial charge < -0.3 is 10.5 Å². The van der Waals surface area contributed by atoms with E-state index in [1.165, 1.54) is 0 Å². The third-order valence-corrected chi connectivity index (χ3v) is 3.14. The summed E-state index contributed by atoms with van der Waals surface area (Å²) >= 11 is 6.07. The first-order valence-corrected chi connectivity index (χ1v) is 5.72. The molecule has 1 saturated carbocycles. The molecule has 0 aromatic heterocycles. The molecule has 0 unspecified atom stereocenters. The van der Waals surface area contributed by atoms with Crippen molar-refractivity contribution in [3.63, 3.8) is 0 Å². The van der Waals surface area contributed by atoms with Gasteiger partial charge in [0.05, 0.1) is 12.5 Å². The smallest absolute Gasteiger partial charge is 0.309 e. The summed E-state index contributed by atoms with van der Waals surface area (Å²) in [5.41, 5.74) is 7.33. The molecule has 2 N–H and O–H groups in total. The molecule has 86 valence electrons. The maximum absolute atomic E-state index is 11.5. The normalized spacial score (nSPS) is 22.9. The summed E-state index contributed by atoms with van der Waals surface area (Å²) in [6, 6.07) is 5.37. The van der Waals surface area contributed by atoms with Gasteiger partial charge in [0.15, 0.2) is 0 Å². The fourth-order valence-corrected chi connectivity index (χ4v) is 2.15. The zero-order valence-electron chi connectivity index (χ0n) is 9.07. The van der Waals surface area contributed by atoms with Gasteiger partial charge in [0.25, 0.3) is 0 Å². The van der Waals surface area contributed by atoms with E-state index >= 15 is 0 Å². The molecule has 0 heterocycles. The molecule has 1 aliphatic rings. The van der Waals surface area contributed by atoms with Crippen molar-refractivity contribution in [1.82, 2.24) is 0 Å². The maximum atomic E-state index is 11.5. The van der Waals surface area contributed by atoms with Crippen molar-refractivity contribution in [2.24, 2.45) is 5.92 Å². The van der Waals surface area contributed by atoms with Gasteiger partial charge in [-0.05, 0) is 43.0 Å². The van der Waals surface area contributed by atoms with Gasteiger partial charge in [-0.1, -0.05) is 11.6 Å². The Hall–Kier alpha value is -1.22. The molecule has 2 atom stereocenters. The zero-order chi connectivity index (χ0) is 11.7. The van der Waals surface area contributed by atoms with Gasteiger partial charge >= 0.3 is 5.97 Å². The van der Waals surface area contributed by atoms with E-state index in [-0.39, 0.29) is 17.8 Å². The minimum Gasteiger partial charge on any atom is -0.466 e. The number of rotatable bonds is 3. The summed E-state index contributed by atoms with van der Waals surface area (Å²) < 4.78 is 4.97. The standard InChI is InChI=1S/C12H14ClNO2/c1-2-16-12(15)10-6-8(10)9-5-7(14)3-4-11(9)13/h3-5,8,10H,2,6,14H2,1H3/t8-,10-/m1/s1. The molecule has 0 amide bonds. The summed E-state index contributed by atoms with van der Waals surface area (Å²) in [5, 5.41) is 0.672. The lowest BCUT2D eigenvalue weighted by atomic mass is 10.1. The van der Waals surface area contributed by atoms with Crippen LogP contribution >= 0.6 is 11.6 Å². The topological polar surface area (TPSA) is 52.3 Å². The Bertz CT molecular complexity index is 419. The number of ether oxygens (including phenoxy) is 1. The van der Waals surface area contributed by atoms with Crippen molar-refractivity contribution in [2.75, 3.05) is 12.3 Å². The lowest BCUT2D eigenvalue weighted by molar-refractivity contribution is -0.144. The van der Waals surface area contributed by atoms with Gasteiger partial charge in [0.1, 0.15) is 0 Å². The van der Waals surface area contributed by atoms with E-state index in [1.54, 1.807) is 12.1 Å². The van der Waals surface area contributed by atoms with Crippen molar-refractivity contribution in [2.45, 2.75) is 19.3 Å². The lowest BCUT2D eigenvalue weighted by Crippen LogP contribution is -2.07. The number of anilines is 1. The number of nitrogens with two attached hydrogens (primary N) is 1. The third-order valence-electron chi connectivity index (χ3n) is 2.80. The van der Waals surface area contributed by atoms with E-state index < -0.39 is 0 Å². The van der Waals surface area contributed by atoms with Gasteiger partial charge in [-0.2, -0.15) is 0 Å². The van der Waals surface area contributed by atoms with Crippen LogP contribution in [0.1, 0.15) is 24.8 Å². The number of hydrogen-bond acceptors (Lipinski definition) is 3. The Morgan fingerprint density at radius 2 is 2.38 bits per heavy atom. The second kappa shape index (κ2) is 4.34. The molecule has 0 radical (unpaired) electrons. The van der Waals surface area contributed by atoms with Crippen LogP contribution in [0.15, 0.2) is 18.2 Å². The Morgan fingerprint density at radius 3 is 3.06 bits per heavy atom. The molecule has 1 aromatic rings. The molecule has 0 saturated heterocycles. The van der Waals surface area contributed by atoms with Crippen LogP contribution in [0.3, 0.4) is 0 Å². The Balaban J connectivity index is 2.11. The first-order chi connectivity index (χ1) is 7.63. The second-order valence-electron chi connectivity index (χ2n) is 3.98. The monoisotopic (exact) mass is 239 g/mol. The van der Waals surface area contributed by atoms with E-state index in [9.17, 15) is 4.79 Å².